The van der Waals surface area contributed by atoms with Gasteiger partial charge in [-0.05, 0) is 43.5 Å². The molecule has 2 rings (SSSR count). The molecule has 1 aliphatic rings. The zero-order valence-electron chi connectivity index (χ0n) is 10.4. The molecular formula is C14H19ClN2O. The third kappa shape index (κ3) is 4.00. The van der Waals surface area contributed by atoms with Crippen LogP contribution < -0.4 is 10.6 Å². The number of rotatable bonds is 4. The van der Waals surface area contributed by atoms with E-state index in [0.717, 1.165) is 42.9 Å². The maximum atomic E-state index is 11.9. The van der Waals surface area contributed by atoms with Gasteiger partial charge >= 0.3 is 0 Å². The van der Waals surface area contributed by atoms with Crippen LogP contribution in [-0.2, 0) is 11.2 Å². The van der Waals surface area contributed by atoms with E-state index in [1.165, 1.54) is 0 Å². The lowest BCUT2D eigenvalue weighted by molar-refractivity contribution is -0.125. The molecule has 0 spiro atoms. The molecule has 1 aromatic carbocycles. The van der Waals surface area contributed by atoms with Gasteiger partial charge in [0.15, 0.2) is 0 Å². The molecule has 1 aliphatic heterocycles. The first kappa shape index (κ1) is 13.4. The molecule has 1 heterocycles. The molecule has 0 radical (unpaired) electrons. The highest BCUT2D eigenvalue weighted by Crippen LogP contribution is 2.11. The third-order valence-corrected chi connectivity index (χ3v) is 3.50. The first-order valence-electron chi connectivity index (χ1n) is 6.48. The molecule has 0 unspecified atom stereocenters. The Balaban J connectivity index is 1.73. The Morgan fingerprint density at radius 1 is 1.50 bits per heavy atom. The molecule has 0 saturated carbocycles. The van der Waals surface area contributed by atoms with E-state index in [2.05, 4.69) is 10.6 Å². The van der Waals surface area contributed by atoms with Crippen LogP contribution in [0.15, 0.2) is 24.3 Å². The van der Waals surface area contributed by atoms with Crippen molar-refractivity contribution in [1.82, 2.24) is 10.6 Å². The average Bonchev–Trinajstić information content (AvgIpc) is 2.40. The molecule has 98 valence electrons. The number of amides is 1. The van der Waals surface area contributed by atoms with Gasteiger partial charge in [-0.1, -0.05) is 23.7 Å². The largest absolute Gasteiger partial charge is 0.355 e. The topological polar surface area (TPSA) is 41.1 Å². The summed E-state index contributed by atoms with van der Waals surface area (Å²) >= 11 is 5.91. The van der Waals surface area contributed by atoms with E-state index in [9.17, 15) is 4.79 Å². The average molecular weight is 267 g/mol. The van der Waals surface area contributed by atoms with Gasteiger partial charge in [0.1, 0.15) is 0 Å². The Labute approximate surface area is 113 Å². The minimum absolute atomic E-state index is 0.137. The van der Waals surface area contributed by atoms with Crippen molar-refractivity contribution in [3.8, 4) is 0 Å². The van der Waals surface area contributed by atoms with E-state index in [4.69, 9.17) is 11.6 Å². The molecule has 0 aromatic heterocycles. The van der Waals surface area contributed by atoms with E-state index in [1.54, 1.807) is 0 Å². The highest BCUT2D eigenvalue weighted by atomic mass is 35.5. The number of nitrogens with one attached hydrogen (secondary N) is 2. The number of piperidine rings is 1. The minimum atomic E-state index is 0.137. The van der Waals surface area contributed by atoms with Crippen molar-refractivity contribution >= 4 is 17.5 Å². The summed E-state index contributed by atoms with van der Waals surface area (Å²) in [6.07, 6.45) is 2.91. The first-order chi connectivity index (χ1) is 8.75. The predicted molar refractivity (Wildman–Crippen MR) is 73.8 cm³/mol. The Morgan fingerprint density at radius 2 is 2.39 bits per heavy atom. The van der Waals surface area contributed by atoms with E-state index in [1.807, 2.05) is 24.3 Å². The molecule has 1 aromatic rings. The summed E-state index contributed by atoms with van der Waals surface area (Å²) in [5, 5.41) is 7.00. The van der Waals surface area contributed by atoms with Crippen LogP contribution in [0, 0.1) is 5.92 Å². The highest BCUT2D eigenvalue weighted by molar-refractivity contribution is 6.30. The summed E-state index contributed by atoms with van der Waals surface area (Å²) in [7, 11) is 0. The molecular weight excluding hydrogens is 248 g/mol. The van der Waals surface area contributed by atoms with Gasteiger partial charge in [0.05, 0.1) is 5.92 Å². The maximum Gasteiger partial charge on any atom is 0.224 e. The highest BCUT2D eigenvalue weighted by Gasteiger charge is 2.19. The Bertz CT molecular complexity index is 403. The second-order valence-corrected chi connectivity index (χ2v) is 5.15. The first-order valence-corrected chi connectivity index (χ1v) is 6.86. The Hall–Kier alpha value is -1.06. The van der Waals surface area contributed by atoms with Crippen LogP contribution in [0.4, 0.5) is 0 Å². The van der Waals surface area contributed by atoms with Crippen molar-refractivity contribution in [2.45, 2.75) is 19.3 Å². The van der Waals surface area contributed by atoms with Gasteiger partial charge in [0.25, 0.3) is 0 Å². The fraction of sp³-hybridized carbons (Fsp3) is 0.500. The fourth-order valence-electron chi connectivity index (χ4n) is 2.24. The number of carbonyl (C=O) groups excluding carboxylic acids is 1. The SMILES string of the molecule is O=C(NCCc1cccc(Cl)c1)[C@H]1CCCNC1. The maximum absolute atomic E-state index is 11.9. The standard InChI is InChI=1S/C14H19ClN2O/c15-13-5-1-3-11(9-13)6-8-17-14(18)12-4-2-7-16-10-12/h1,3,5,9,12,16H,2,4,6-8,10H2,(H,17,18)/t12-/m0/s1. The molecule has 0 aliphatic carbocycles. The molecule has 4 heteroatoms. The van der Waals surface area contributed by atoms with Gasteiger partial charge in [-0.25, -0.2) is 0 Å². The molecule has 0 bridgehead atoms. The van der Waals surface area contributed by atoms with Crippen molar-refractivity contribution in [3.05, 3.63) is 34.9 Å². The molecule has 1 amide bonds. The number of carbonyl (C=O) groups is 1. The third-order valence-electron chi connectivity index (χ3n) is 3.27. The summed E-state index contributed by atoms with van der Waals surface area (Å²) in [4.78, 5) is 11.9. The number of hydrogen-bond acceptors (Lipinski definition) is 2. The van der Waals surface area contributed by atoms with Gasteiger partial charge in [0, 0.05) is 18.1 Å². The second-order valence-electron chi connectivity index (χ2n) is 4.71. The number of benzene rings is 1. The van der Waals surface area contributed by atoms with E-state index < -0.39 is 0 Å². The summed E-state index contributed by atoms with van der Waals surface area (Å²) in [5.74, 6) is 0.308. The van der Waals surface area contributed by atoms with Gasteiger partial charge in [-0.2, -0.15) is 0 Å². The second kappa shape index (κ2) is 6.76. The van der Waals surface area contributed by atoms with Crippen LogP contribution in [0.2, 0.25) is 5.02 Å². The normalized spacial score (nSPS) is 19.5. The van der Waals surface area contributed by atoms with Gasteiger partial charge in [-0.3, -0.25) is 4.79 Å². The van der Waals surface area contributed by atoms with Gasteiger partial charge in [-0.15, -0.1) is 0 Å². The van der Waals surface area contributed by atoms with Crippen LogP contribution in [0.5, 0.6) is 0 Å². The smallest absolute Gasteiger partial charge is 0.224 e. The summed E-state index contributed by atoms with van der Waals surface area (Å²) in [5.41, 5.74) is 1.16. The molecule has 1 fully saturated rings. The quantitative estimate of drug-likeness (QED) is 0.875. The van der Waals surface area contributed by atoms with Crippen molar-refractivity contribution in [1.29, 1.82) is 0 Å². The molecule has 1 saturated heterocycles. The van der Waals surface area contributed by atoms with E-state index in [0.29, 0.717) is 6.54 Å². The van der Waals surface area contributed by atoms with Crippen LogP contribution >= 0.6 is 11.6 Å². The van der Waals surface area contributed by atoms with Crippen molar-refractivity contribution in [3.63, 3.8) is 0 Å². The predicted octanol–water partition coefficient (Wildman–Crippen LogP) is 2.00. The van der Waals surface area contributed by atoms with Gasteiger partial charge in [0.2, 0.25) is 5.91 Å². The lowest BCUT2D eigenvalue weighted by Crippen LogP contribution is -2.41. The lowest BCUT2D eigenvalue weighted by atomic mass is 9.99. The Kier molecular flexibility index (Phi) is 5.02. The molecule has 2 N–H and O–H groups in total. The van der Waals surface area contributed by atoms with Crippen LogP contribution in [0.25, 0.3) is 0 Å². The monoisotopic (exact) mass is 266 g/mol. The Morgan fingerprint density at radius 3 is 3.11 bits per heavy atom. The summed E-state index contributed by atoms with van der Waals surface area (Å²) in [6.45, 7) is 2.52. The minimum Gasteiger partial charge on any atom is -0.355 e. The van der Waals surface area contributed by atoms with E-state index >= 15 is 0 Å². The zero-order chi connectivity index (χ0) is 12.8. The van der Waals surface area contributed by atoms with Crippen LogP contribution in [0.1, 0.15) is 18.4 Å². The molecule has 3 nitrogen and oxygen atoms in total. The summed E-state index contributed by atoms with van der Waals surface area (Å²) in [6, 6.07) is 7.76. The van der Waals surface area contributed by atoms with Crippen molar-refractivity contribution in [2.75, 3.05) is 19.6 Å². The molecule has 18 heavy (non-hydrogen) atoms. The van der Waals surface area contributed by atoms with Crippen molar-refractivity contribution in [2.24, 2.45) is 5.92 Å². The summed E-state index contributed by atoms with van der Waals surface area (Å²) < 4.78 is 0. The van der Waals surface area contributed by atoms with Crippen molar-refractivity contribution < 1.29 is 4.79 Å². The number of hydrogen-bond donors (Lipinski definition) is 2. The lowest BCUT2D eigenvalue weighted by Gasteiger charge is -2.21. The fourth-order valence-corrected chi connectivity index (χ4v) is 2.46. The van der Waals surface area contributed by atoms with E-state index in [-0.39, 0.29) is 11.8 Å². The van der Waals surface area contributed by atoms with Crippen LogP contribution in [-0.4, -0.2) is 25.5 Å². The zero-order valence-corrected chi connectivity index (χ0v) is 11.2. The molecule has 1 atom stereocenters. The van der Waals surface area contributed by atoms with Gasteiger partial charge < -0.3 is 10.6 Å². The number of halogens is 1. The van der Waals surface area contributed by atoms with Crippen LogP contribution in [0.3, 0.4) is 0 Å².